The normalized spacial score (nSPS) is 11.7. The minimum absolute atomic E-state index is 0.131. The van der Waals surface area contributed by atoms with E-state index in [-0.39, 0.29) is 10.8 Å². The van der Waals surface area contributed by atoms with Gasteiger partial charge in [0.1, 0.15) is 0 Å². The van der Waals surface area contributed by atoms with E-state index in [9.17, 15) is 13.2 Å². The number of carbonyl (C=O) groups is 1. The first kappa shape index (κ1) is 24.7. The highest BCUT2D eigenvalue weighted by molar-refractivity contribution is 7.89. The zero-order valence-corrected chi connectivity index (χ0v) is 20.8. The molecule has 2 N–H and O–H groups in total. The summed E-state index contributed by atoms with van der Waals surface area (Å²) in [6, 6.07) is 24.3. The molecular weight excluding hydrogens is 478 g/mol. The minimum atomic E-state index is -3.83. The average molecular weight is 504 g/mol. The van der Waals surface area contributed by atoms with Crippen LogP contribution < -0.4 is 19.6 Å². The van der Waals surface area contributed by atoms with Gasteiger partial charge in [-0.25, -0.2) is 0 Å². The lowest BCUT2D eigenvalue weighted by atomic mass is 10.1. The number of hydrazone groups is 1. The largest absolute Gasteiger partial charge is 0.493 e. The molecule has 1 amide bonds. The first-order valence-corrected chi connectivity index (χ1v) is 12.5. The number of hydrogen-bond donors (Lipinski definition) is 2. The van der Waals surface area contributed by atoms with Crippen LogP contribution in [0.15, 0.2) is 94.9 Å². The molecule has 0 bridgehead atoms. The molecule has 4 aromatic carbocycles. The Hall–Kier alpha value is -4.37. The molecule has 0 atom stereocenters. The van der Waals surface area contributed by atoms with E-state index in [0.717, 1.165) is 10.8 Å². The van der Waals surface area contributed by atoms with Crippen molar-refractivity contribution in [3.8, 4) is 11.5 Å². The molecule has 9 heteroatoms. The van der Waals surface area contributed by atoms with Gasteiger partial charge >= 0.3 is 0 Å². The molecule has 0 aliphatic heterocycles. The number of amides is 1. The van der Waals surface area contributed by atoms with Gasteiger partial charge in [-0.05, 0) is 65.7 Å². The molecule has 0 spiro atoms. The lowest BCUT2D eigenvalue weighted by Gasteiger charge is -2.10. The van der Waals surface area contributed by atoms with Crippen molar-refractivity contribution < 1.29 is 22.7 Å². The average Bonchev–Trinajstić information content (AvgIpc) is 2.91. The van der Waals surface area contributed by atoms with Crippen molar-refractivity contribution in [1.29, 1.82) is 0 Å². The third kappa shape index (κ3) is 5.47. The molecule has 4 rings (SSSR count). The molecule has 36 heavy (non-hydrogen) atoms. The van der Waals surface area contributed by atoms with E-state index in [2.05, 4.69) is 15.2 Å². The summed E-state index contributed by atoms with van der Waals surface area (Å²) >= 11 is 0. The topological polar surface area (TPSA) is 106 Å². The Bertz CT molecular complexity index is 1550. The first-order valence-electron chi connectivity index (χ1n) is 11.0. The zero-order valence-electron chi connectivity index (χ0n) is 20.0. The smallest absolute Gasteiger partial charge is 0.276 e. The van der Waals surface area contributed by atoms with E-state index in [1.54, 1.807) is 67.6 Å². The van der Waals surface area contributed by atoms with Crippen LogP contribution in [0.4, 0.5) is 5.69 Å². The summed E-state index contributed by atoms with van der Waals surface area (Å²) in [5.74, 6) is 0.681. The van der Waals surface area contributed by atoms with Gasteiger partial charge in [-0.1, -0.05) is 42.5 Å². The van der Waals surface area contributed by atoms with Crippen LogP contribution in [0.2, 0.25) is 0 Å². The van der Waals surface area contributed by atoms with Crippen LogP contribution in [0.1, 0.15) is 22.8 Å². The van der Waals surface area contributed by atoms with Crippen molar-refractivity contribution in [2.45, 2.75) is 11.8 Å². The highest BCUT2D eigenvalue weighted by atomic mass is 32.2. The third-order valence-corrected chi connectivity index (χ3v) is 6.78. The van der Waals surface area contributed by atoms with E-state index in [4.69, 9.17) is 9.47 Å². The van der Waals surface area contributed by atoms with Gasteiger partial charge in [0.05, 0.1) is 24.8 Å². The Morgan fingerprint density at radius 2 is 1.44 bits per heavy atom. The maximum absolute atomic E-state index is 12.7. The molecule has 0 heterocycles. The molecule has 0 aliphatic rings. The number of nitrogens with one attached hydrogen (secondary N) is 2. The maximum atomic E-state index is 12.7. The molecule has 0 aliphatic carbocycles. The molecule has 0 saturated heterocycles. The van der Waals surface area contributed by atoms with Gasteiger partial charge in [0.25, 0.3) is 15.9 Å². The van der Waals surface area contributed by atoms with Crippen molar-refractivity contribution in [2.75, 3.05) is 19.5 Å². The lowest BCUT2D eigenvalue weighted by molar-refractivity contribution is 0.102. The predicted octanol–water partition coefficient (Wildman–Crippen LogP) is 4.81. The van der Waals surface area contributed by atoms with Crippen LogP contribution in [-0.4, -0.2) is 34.3 Å². The second-order valence-corrected chi connectivity index (χ2v) is 9.56. The fourth-order valence-electron chi connectivity index (χ4n) is 3.56. The lowest BCUT2D eigenvalue weighted by Crippen LogP contribution is -2.20. The minimum Gasteiger partial charge on any atom is -0.493 e. The molecule has 0 aromatic heterocycles. The summed E-state index contributed by atoms with van der Waals surface area (Å²) in [6.45, 7) is 1.69. The molecule has 0 unspecified atom stereocenters. The van der Waals surface area contributed by atoms with Crippen molar-refractivity contribution in [2.24, 2.45) is 5.10 Å². The van der Waals surface area contributed by atoms with Gasteiger partial charge < -0.3 is 14.8 Å². The molecule has 184 valence electrons. The predicted molar refractivity (Wildman–Crippen MR) is 140 cm³/mol. The number of anilines is 1. The maximum Gasteiger partial charge on any atom is 0.276 e. The number of nitrogens with zero attached hydrogens (tertiary/aromatic N) is 1. The molecular formula is C27H25N3O5S. The molecule has 0 fully saturated rings. The van der Waals surface area contributed by atoms with Gasteiger partial charge in [-0.2, -0.15) is 18.4 Å². The number of methoxy groups -OCH3 is 2. The monoisotopic (exact) mass is 503 g/mol. The van der Waals surface area contributed by atoms with Gasteiger partial charge in [0, 0.05) is 11.3 Å². The van der Waals surface area contributed by atoms with Crippen molar-refractivity contribution in [1.82, 2.24) is 4.83 Å². The summed E-state index contributed by atoms with van der Waals surface area (Å²) in [5, 5.41) is 8.66. The number of benzene rings is 4. The Kier molecular flexibility index (Phi) is 7.21. The zero-order chi connectivity index (χ0) is 25.7. The summed E-state index contributed by atoms with van der Waals surface area (Å²) in [5.41, 5.74) is 2.15. The fourth-order valence-corrected chi connectivity index (χ4v) is 4.45. The van der Waals surface area contributed by atoms with E-state index >= 15 is 0 Å². The van der Waals surface area contributed by atoms with E-state index in [1.807, 2.05) is 24.3 Å². The van der Waals surface area contributed by atoms with Gasteiger partial charge in [-0.15, -0.1) is 0 Å². The van der Waals surface area contributed by atoms with Crippen LogP contribution in [0.5, 0.6) is 11.5 Å². The Balaban J connectivity index is 1.44. The van der Waals surface area contributed by atoms with Crippen molar-refractivity contribution >= 4 is 38.1 Å². The number of rotatable bonds is 8. The molecule has 4 aromatic rings. The second kappa shape index (κ2) is 10.5. The first-order chi connectivity index (χ1) is 17.3. The summed E-state index contributed by atoms with van der Waals surface area (Å²) in [6.07, 6.45) is 0. The van der Waals surface area contributed by atoms with Crippen LogP contribution >= 0.6 is 0 Å². The van der Waals surface area contributed by atoms with Crippen molar-refractivity contribution in [3.63, 3.8) is 0 Å². The third-order valence-electron chi connectivity index (χ3n) is 5.57. The van der Waals surface area contributed by atoms with E-state index in [1.165, 1.54) is 14.2 Å². The van der Waals surface area contributed by atoms with Crippen LogP contribution in [0.25, 0.3) is 10.8 Å². The second-order valence-electron chi connectivity index (χ2n) is 7.90. The van der Waals surface area contributed by atoms with Crippen LogP contribution in [0.3, 0.4) is 0 Å². The Morgan fingerprint density at radius 3 is 2.14 bits per heavy atom. The summed E-state index contributed by atoms with van der Waals surface area (Å²) in [7, 11) is -0.803. The quantitative estimate of drug-likeness (QED) is 0.265. The number of sulfonamides is 1. The number of ether oxygens (including phenoxy) is 2. The highest BCUT2D eigenvalue weighted by Gasteiger charge is 2.14. The summed E-state index contributed by atoms with van der Waals surface area (Å²) in [4.78, 5) is 15.0. The van der Waals surface area contributed by atoms with Crippen LogP contribution in [0, 0.1) is 0 Å². The SMILES string of the molecule is COc1ccc(C(=O)Nc2ccc(/C(C)=N/NS(=O)(=O)c3ccc4ccccc4c3)cc2)cc1OC. The van der Waals surface area contributed by atoms with Gasteiger partial charge in [-0.3, -0.25) is 4.79 Å². The van der Waals surface area contributed by atoms with Gasteiger partial charge in [0.15, 0.2) is 11.5 Å². The Labute approximate surface area is 209 Å². The highest BCUT2D eigenvalue weighted by Crippen LogP contribution is 2.28. The van der Waals surface area contributed by atoms with Gasteiger partial charge in [0.2, 0.25) is 0 Å². The number of hydrogen-bond acceptors (Lipinski definition) is 6. The van der Waals surface area contributed by atoms with Crippen molar-refractivity contribution in [3.05, 3.63) is 96.1 Å². The molecule has 0 saturated carbocycles. The number of fused-ring (bicyclic) bond motifs is 1. The van der Waals surface area contributed by atoms with E-state index < -0.39 is 10.0 Å². The standard InChI is InChI=1S/C27H25N3O5S/c1-18(29-30-36(32,33)24-14-10-20-6-4-5-7-21(20)16-24)19-8-12-23(13-9-19)28-27(31)22-11-15-25(34-2)26(17-22)35-3/h4-17,30H,1-3H3,(H,28,31)/b29-18+. The molecule has 8 nitrogen and oxygen atoms in total. The number of carbonyl (C=O) groups excluding carboxylic acids is 1. The molecule has 0 radical (unpaired) electrons. The fraction of sp³-hybridized carbons (Fsp3) is 0.111. The summed E-state index contributed by atoms with van der Waals surface area (Å²) < 4.78 is 35.9. The van der Waals surface area contributed by atoms with E-state index in [0.29, 0.717) is 34.0 Å². The van der Waals surface area contributed by atoms with Crippen LogP contribution in [-0.2, 0) is 10.0 Å². The Morgan fingerprint density at radius 1 is 0.778 bits per heavy atom.